The van der Waals surface area contributed by atoms with Crippen LogP contribution in [0.15, 0.2) is 30.9 Å². The molecule has 0 aliphatic heterocycles. The summed E-state index contributed by atoms with van der Waals surface area (Å²) in [5.41, 5.74) is 2.19. The monoisotopic (exact) mass is 511 g/mol. The first kappa shape index (κ1) is 28.0. The number of ketones is 1. The van der Waals surface area contributed by atoms with Gasteiger partial charge in [0.25, 0.3) is 0 Å². The summed E-state index contributed by atoms with van der Waals surface area (Å²) in [5, 5.41) is 6.74. The third kappa shape index (κ3) is 8.26. The van der Waals surface area contributed by atoms with Crippen LogP contribution in [0.3, 0.4) is 0 Å². The molecule has 0 unspecified atom stereocenters. The Morgan fingerprint density at radius 1 is 1.19 bits per heavy atom. The van der Waals surface area contributed by atoms with Crippen molar-refractivity contribution in [2.75, 3.05) is 7.05 Å². The lowest BCUT2D eigenvalue weighted by molar-refractivity contribution is -0.130. The van der Waals surface area contributed by atoms with Crippen molar-refractivity contribution in [2.24, 2.45) is 11.8 Å². The fourth-order valence-corrected chi connectivity index (χ4v) is 6.14. The van der Waals surface area contributed by atoms with E-state index in [1.54, 1.807) is 18.4 Å². The fraction of sp³-hybridized carbons (Fsp3) is 0.586. The first-order chi connectivity index (χ1) is 17.3. The predicted molar refractivity (Wildman–Crippen MR) is 147 cm³/mol. The number of allylic oxidation sites excluding steroid dienone is 1. The van der Waals surface area contributed by atoms with Gasteiger partial charge in [0, 0.05) is 32.4 Å². The number of rotatable bonds is 13. The van der Waals surface area contributed by atoms with Crippen molar-refractivity contribution in [3.05, 3.63) is 41.4 Å². The Hall–Kier alpha value is -2.54. The number of fused-ring (bicyclic) bond motifs is 1. The van der Waals surface area contributed by atoms with Crippen molar-refractivity contribution in [2.45, 2.75) is 90.0 Å². The zero-order valence-corrected chi connectivity index (χ0v) is 22.8. The standard InChI is InChI=1S/C29H41N3O3S/c1-5-24(33)13-12-23(15-20-9-7-6-8-10-20)31-29(35)22(17-27(34)30-4)18-28-32-25-14-11-21(19(2)3)16-26(25)36-28/h5,11,14,16,19-20,22-23H,1,6-10,12-13,15,17-18H2,2-4H3,(H,30,34)(H,31,35)/t22-,23+/m0/s1. The van der Waals surface area contributed by atoms with E-state index in [1.807, 2.05) is 6.07 Å². The van der Waals surface area contributed by atoms with E-state index in [-0.39, 0.29) is 30.1 Å². The molecule has 0 bridgehead atoms. The van der Waals surface area contributed by atoms with Crippen LogP contribution in [-0.2, 0) is 20.8 Å². The molecule has 0 radical (unpaired) electrons. The summed E-state index contributed by atoms with van der Waals surface area (Å²) in [7, 11) is 1.59. The highest BCUT2D eigenvalue weighted by Crippen LogP contribution is 2.30. The van der Waals surface area contributed by atoms with E-state index in [0.29, 0.717) is 31.1 Å². The first-order valence-electron chi connectivity index (χ1n) is 13.3. The minimum Gasteiger partial charge on any atom is -0.359 e. The van der Waals surface area contributed by atoms with E-state index in [1.165, 1.54) is 43.7 Å². The molecule has 1 heterocycles. The van der Waals surface area contributed by atoms with E-state index in [4.69, 9.17) is 4.98 Å². The van der Waals surface area contributed by atoms with Crippen LogP contribution in [0.4, 0.5) is 0 Å². The molecule has 0 saturated heterocycles. The number of benzene rings is 1. The second-order valence-electron chi connectivity index (χ2n) is 10.4. The molecule has 3 rings (SSSR count). The van der Waals surface area contributed by atoms with Crippen molar-refractivity contribution in [3.63, 3.8) is 0 Å². The Balaban J connectivity index is 1.75. The average Bonchev–Trinajstić information content (AvgIpc) is 3.28. The third-order valence-corrected chi connectivity index (χ3v) is 8.32. The molecule has 2 aromatic rings. The number of aromatic nitrogens is 1. The summed E-state index contributed by atoms with van der Waals surface area (Å²) in [6, 6.07) is 6.23. The topological polar surface area (TPSA) is 88.2 Å². The minimum atomic E-state index is -0.515. The van der Waals surface area contributed by atoms with Crippen molar-refractivity contribution in [3.8, 4) is 0 Å². The number of nitrogens with one attached hydrogen (secondary N) is 2. The normalized spacial score (nSPS) is 16.0. The van der Waals surface area contributed by atoms with Gasteiger partial charge in [-0.25, -0.2) is 4.98 Å². The Morgan fingerprint density at radius 3 is 2.61 bits per heavy atom. The van der Waals surface area contributed by atoms with Crippen LogP contribution in [-0.4, -0.2) is 35.7 Å². The Bertz CT molecular complexity index is 1060. The number of amides is 2. The number of carbonyl (C=O) groups is 3. The molecule has 196 valence electrons. The molecule has 6 nitrogen and oxygen atoms in total. The Morgan fingerprint density at radius 2 is 1.94 bits per heavy atom. The summed E-state index contributed by atoms with van der Waals surface area (Å²) < 4.78 is 1.11. The largest absolute Gasteiger partial charge is 0.359 e. The fourth-order valence-electron chi connectivity index (χ4n) is 5.04. The second kappa shape index (κ2) is 13.7. The van der Waals surface area contributed by atoms with Gasteiger partial charge >= 0.3 is 0 Å². The lowest BCUT2D eigenvalue weighted by atomic mass is 9.83. The first-order valence-corrected chi connectivity index (χ1v) is 14.2. The van der Waals surface area contributed by atoms with Crippen molar-refractivity contribution < 1.29 is 14.4 Å². The van der Waals surface area contributed by atoms with Gasteiger partial charge < -0.3 is 10.6 Å². The summed E-state index contributed by atoms with van der Waals surface area (Å²) in [6.07, 6.45) is 9.80. The quantitative estimate of drug-likeness (QED) is 0.337. The molecule has 1 saturated carbocycles. The van der Waals surface area contributed by atoms with Gasteiger partial charge in [-0.2, -0.15) is 0 Å². The minimum absolute atomic E-state index is 0.00459. The lowest BCUT2D eigenvalue weighted by Gasteiger charge is -2.28. The van der Waals surface area contributed by atoms with Gasteiger partial charge in [-0.3, -0.25) is 14.4 Å². The van der Waals surface area contributed by atoms with Gasteiger partial charge in [0.1, 0.15) is 0 Å². The maximum absolute atomic E-state index is 13.5. The van der Waals surface area contributed by atoms with E-state index >= 15 is 0 Å². The van der Waals surface area contributed by atoms with Crippen LogP contribution >= 0.6 is 11.3 Å². The summed E-state index contributed by atoms with van der Waals surface area (Å²) in [5.74, 6) is 0.186. The van der Waals surface area contributed by atoms with Crippen LogP contribution in [0.25, 0.3) is 10.2 Å². The molecular formula is C29H41N3O3S. The predicted octanol–water partition coefficient (Wildman–Crippen LogP) is 5.71. The molecule has 1 aromatic carbocycles. The summed E-state index contributed by atoms with van der Waals surface area (Å²) in [6.45, 7) is 7.91. The highest BCUT2D eigenvalue weighted by Gasteiger charge is 2.27. The molecular weight excluding hydrogens is 470 g/mol. The highest BCUT2D eigenvalue weighted by atomic mass is 32.1. The molecule has 36 heavy (non-hydrogen) atoms. The molecule has 1 aliphatic carbocycles. The lowest BCUT2D eigenvalue weighted by Crippen LogP contribution is -2.42. The van der Waals surface area contributed by atoms with E-state index in [9.17, 15) is 14.4 Å². The number of hydrogen-bond donors (Lipinski definition) is 2. The van der Waals surface area contributed by atoms with Gasteiger partial charge in [0.05, 0.1) is 21.1 Å². The number of hydrogen-bond acceptors (Lipinski definition) is 5. The van der Waals surface area contributed by atoms with Gasteiger partial charge in [0.2, 0.25) is 11.8 Å². The molecule has 1 aliphatic rings. The molecule has 0 spiro atoms. The molecule has 1 fully saturated rings. The number of carbonyl (C=O) groups excluding carboxylic acids is 3. The third-order valence-electron chi connectivity index (χ3n) is 7.28. The van der Waals surface area contributed by atoms with E-state index < -0.39 is 5.92 Å². The van der Waals surface area contributed by atoms with Crippen molar-refractivity contribution in [1.82, 2.24) is 15.6 Å². The SMILES string of the molecule is C=CC(=O)CC[C@H](CC1CCCCC1)NC(=O)[C@@H](CC(=O)NC)Cc1nc2ccc(C(C)C)cc2s1. The van der Waals surface area contributed by atoms with Gasteiger partial charge in [-0.1, -0.05) is 58.6 Å². The Labute approximate surface area is 219 Å². The average molecular weight is 512 g/mol. The van der Waals surface area contributed by atoms with Crippen LogP contribution < -0.4 is 10.6 Å². The maximum Gasteiger partial charge on any atom is 0.224 e. The molecule has 7 heteroatoms. The van der Waals surface area contributed by atoms with E-state index in [2.05, 4.69) is 43.2 Å². The molecule has 2 atom stereocenters. The second-order valence-corrected chi connectivity index (χ2v) is 11.5. The van der Waals surface area contributed by atoms with Crippen molar-refractivity contribution in [1.29, 1.82) is 0 Å². The zero-order chi connectivity index (χ0) is 26.1. The summed E-state index contributed by atoms with van der Waals surface area (Å²) >= 11 is 1.60. The number of nitrogens with zero attached hydrogens (tertiary/aromatic N) is 1. The molecule has 1 aromatic heterocycles. The van der Waals surface area contributed by atoms with Gasteiger partial charge in [-0.15, -0.1) is 11.3 Å². The van der Waals surface area contributed by atoms with Crippen LogP contribution in [0.5, 0.6) is 0 Å². The zero-order valence-electron chi connectivity index (χ0n) is 22.0. The highest BCUT2D eigenvalue weighted by molar-refractivity contribution is 7.18. The van der Waals surface area contributed by atoms with Crippen molar-refractivity contribution >= 4 is 39.2 Å². The molecule has 2 amide bonds. The van der Waals surface area contributed by atoms with Crippen LogP contribution in [0, 0.1) is 11.8 Å². The van der Waals surface area contributed by atoms with Gasteiger partial charge in [0.15, 0.2) is 5.78 Å². The van der Waals surface area contributed by atoms with Gasteiger partial charge in [-0.05, 0) is 48.4 Å². The van der Waals surface area contributed by atoms with E-state index in [0.717, 1.165) is 21.6 Å². The number of thiazole rings is 1. The Kier molecular flexibility index (Phi) is 10.7. The van der Waals surface area contributed by atoms with Crippen LogP contribution in [0.2, 0.25) is 0 Å². The van der Waals surface area contributed by atoms with Crippen LogP contribution in [0.1, 0.15) is 88.1 Å². The molecule has 2 N–H and O–H groups in total. The summed E-state index contributed by atoms with van der Waals surface area (Å²) in [4.78, 5) is 42.5. The smallest absolute Gasteiger partial charge is 0.224 e. The maximum atomic E-state index is 13.5.